The Morgan fingerprint density at radius 1 is 1.35 bits per heavy atom. The Labute approximate surface area is 136 Å². The van der Waals surface area contributed by atoms with Crippen LogP contribution in [0.2, 0.25) is 0 Å². The number of aromatic nitrogens is 3. The van der Waals surface area contributed by atoms with E-state index in [0.29, 0.717) is 18.9 Å². The topological polar surface area (TPSA) is 112 Å². The smallest absolute Gasteiger partial charge is 0.289 e. The van der Waals surface area contributed by atoms with Crippen LogP contribution in [0.15, 0.2) is 12.3 Å². The van der Waals surface area contributed by atoms with Crippen molar-refractivity contribution in [3.05, 3.63) is 33.8 Å². The Hall–Kier alpha value is -2.80. The summed E-state index contributed by atoms with van der Waals surface area (Å²) in [6.45, 7) is 4.66. The van der Waals surface area contributed by atoms with Crippen molar-refractivity contribution in [1.29, 1.82) is 5.26 Å². The number of piperazine rings is 1. The minimum Gasteiger partial charge on any atom is -0.352 e. The molecule has 2 aromatic heterocycles. The van der Waals surface area contributed by atoms with Crippen molar-refractivity contribution < 1.29 is 4.92 Å². The van der Waals surface area contributed by atoms with E-state index < -0.39 is 4.92 Å². The van der Waals surface area contributed by atoms with Crippen LogP contribution in [0.25, 0.3) is 0 Å². The number of nitrogens with zero attached hydrogens (tertiary/aromatic N) is 7. The molecule has 3 rings (SSSR count). The third-order valence-corrected chi connectivity index (χ3v) is 4.42. The summed E-state index contributed by atoms with van der Waals surface area (Å²) in [7, 11) is 0. The molecule has 2 aromatic rings. The third-order valence-electron chi connectivity index (χ3n) is 3.55. The second kappa shape index (κ2) is 6.13. The van der Waals surface area contributed by atoms with Gasteiger partial charge in [0.2, 0.25) is 5.13 Å². The zero-order chi connectivity index (χ0) is 16.4. The molecule has 0 N–H and O–H groups in total. The van der Waals surface area contributed by atoms with Crippen LogP contribution in [0.1, 0.15) is 11.4 Å². The maximum atomic E-state index is 10.8. The van der Waals surface area contributed by atoms with Crippen LogP contribution in [0.5, 0.6) is 0 Å². The average molecular weight is 331 g/mol. The van der Waals surface area contributed by atoms with Crippen LogP contribution >= 0.6 is 11.5 Å². The molecule has 23 heavy (non-hydrogen) atoms. The monoisotopic (exact) mass is 331 g/mol. The number of anilines is 2. The van der Waals surface area contributed by atoms with E-state index in [-0.39, 0.29) is 11.3 Å². The molecular weight excluding hydrogens is 318 g/mol. The van der Waals surface area contributed by atoms with Gasteiger partial charge < -0.3 is 9.80 Å². The van der Waals surface area contributed by atoms with Gasteiger partial charge in [-0.15, -0.1) is 0 Å². The molecule has 0 unspecified atom stereocenters. The van der Waals surface area contributed by atoms with E-state index in [4.69, 9.17) is 0 Å². The Morgan fingerprint density at radius 3 is 2.61 bits per heavy atom. The fourth-order valence-electron chi connectivity index (χ4n) is 2.40. The van der Waals surface area contributed by atoms with Gasteiger partial charge in [0, 0.05) is 43.8 Å². The normalized spacial score (nSPS) is 14.6. The highest BCUT2D eigenvalue weighted by atomic mass is 32.1. The molecule has 0 bridgehead atoms. The Morgan fingerprint density at radius 2 is 2.04 bits per heavy atom. The maximum absolute atomic E-state index is 10.8. The van der Waals surface area contributed by atoms with Gasteiger partial charge in [-0.2, -0.15) is 9.64 Å². The van der Waals surface area contributed by atoms with E-state index in [1.54, 1.807) is 0 Å². The summed E-state index contributed by atoms with van der Waals surface area (Å²) in [4.78, 5) is 22.8. The van der Waals surface area contributed by atoms with Crippen LogP contribution in [0.4, 0.5) is 16.6 Å². The molecular formula is C13H13N7O2S. The summed E-state index contributed by atoms with van der Waals surface area (Å²) in [5, 5.41) is 20.9. The molecule has 0 radical (unpaired) electrons. The molecule has 1 aliphatic heterocycles. The van der Waals surface area contributed by atoms with Crippen LogP contribution in [0, 0.1) is 28.4 Å². The van der Waals surface area contributed by atoms with Crippen molar-refractivity contribution in [2.45, 2.75) is 6.92 Å². The fourth-order valence-corrected chi connectivity index (χ4v) is 3.13. The second-order valence-corrected chi connectivity index (χ2v) is 5.76. The standard InChI is InChI=1S/C13H13N7O2S/c1-9-16-13(23-17-9)19-4-2-18(3-5-19)12-10(7-14)6-11(8-15-12)20(21)22/h6,8H,2-5H2,1H3. The van der Waals surface area contributed by atoms with Crippen molar-refractivity contribution in [3.8, 4) is 6.07 Å². The van der Waals surface area contributed by atoms with Crippen molar-refractivity contribution in [2.24, 2.45) is 0 Å². The molecule has 0 atom stereocenters. The number of aryl methyl sites for hydroxylation is 1. The summed E-state index contributed by atoms with van der Waals surface area (Å²) in [6, 6.07) is 3.26. The highest BCUT2D eigenvalue weighted by Crippen LogP contribution is 2.25. The molecule has 0 aromatic carbocycles. The van der Waals surface area contributed by atoms with Gasteiger partial charge in [-0.05, 0) is 6.92 Å². The average Bonchev–Trinajstić information content (AvgIpc) is 3.01. The van der Waals surface area contributed by atoms with Gasteiger partial charge in [0.15, 0.2) is 0 Å². The summed E-state index contributed by atoms with van der Waals surface area (Å²) >= 11 is 1.37. The molecule has 10 heteroatoms. The Kier molecular flexibility index (Phi) is 4.03. The fraction of sp³-hybridized carbons (Fsp3) is 0.385. The number of nitro groups is 1. The van der Waals surface area contributed by atoms with Gasteiger partial charge in [0.25, 0.3) is 5.69 Å². The van der Waals surface area contributed by atoms with Crippen LogP contribution in [0.3, 0.4) is 0 Å². The minimum absolute atomic E-state index is 0.173. The van der Waals surface area contributed by atoms with Crippen molar-refractivity contribution in [1.82, 2.24) is 14.3 Å². The van der Waals surface area contributed by atoms with E-state index in [2.05, 4.69) is 19.2 Å². The quantitative estimate of drug-likeness (QED) is 0.612. The van der Waals surface area contributed by atoms with Crippen LogP contribution < -0.4 is 9.80 Å². The number of hydrogen-bond donors (Lipinski definition) is 0. The highest BCUT2D eigenvalue weighted by molar-refractivity contribution is 7.09. The first-order valence-corrected chi connectivity index (χ1v) is 7.70. The van der Waals surface area contributed by atoms with Crippen molar-refractivity contribution in [2.75, 3.05) is 36.0 Å². The minimum atomic E-state index is -0.548. The molecule has 3 heterocycles. The van der Waals surface area contributed by atoms with E-state index in [1.165, 1.54) is 23.8 Å². The first kappa shape index (κ1) is 15.1. The Balaban J connectivity index is 1.75. The third kappa shape index (κ3) is 3.04. The van der Waals surface area contributed by atoms with E-state index in [0.717, 1.165) is 24.0 Å². The van der Waals surface area contributed by atoms with Gasteiger partial charge >= 0.3 is 0 Å². The lowest BCUT2D eigenvalue weighted by Gasteiger charge is -2.35. The number of nitriles is 1. The molecule has 0 aliphatic carbocycles. The number of rotatable bonds is 3. The molecule has 1 aliphatic rings. The number of hydrogen-bond acceptors (Lipinski definition) is 9. The molecule has 1 fully saturated rings. The number of pyridine rings is 1. The summed E-state index contributed by atoms with van der Waals surface area (Å²) in [5.74, 6) is 1.25. The highest BCUT2D eigenvalue weighted by Gasteiger charge is 2.23. The van der Waals surface area contributed by atoms with Gasteiger partial charge in [-0.3, -0.25) is 10.1 Å². The maximum Gasteiger partial charge on any atom is 0.289 e. The van der Waals surface area contributed by atoms with Crippen LogP contribution in [-0.2, 0) is 0 Å². The van der Waals surface area contributed by atoms with Gasteiger partial charge in [0.1, 0.15) is 29.5 Å². The molecule has 1 saturated heterocycles. The van der Waals surface area contributed by atoms with E-state index in [9.17, 15) is 15.4 Å². The molecule has 0 amide bonds. The molecule has 0 spiro atoms. The zero-order valence-corrected chi connectivity index (χ0v) is 13.2. The lowest BCUT2D eigenvalue weighted by atomic mass is 10.2. The molecule has 0 saturated carbocycles. The van der Waals surface area contributed by atoms with Gasteiger partial charge in [-0.25, -0.2) is 9.97 Å². The lowest BCUT2D eigenvalue weighted by Crippen LogP contribution is -2.47. The summed E-state index contributed by atoms with van der Waals surface area (Å²) in [6.07, 6.45) is 1.19. The predicted molar refractivity (Wildman–Crippen MR) is 84.7 cm³/mol. The second-order valence-electron chi connectivity index (χ2n) is 5.03. The SMILES string of the molecule is Cc1nsc(N2CCN(c3ncc([N+](=O)[O-])cc3C#N)CC2)n1. The predicted octanol–water partition coefficient (Wildman–Crippen LogP) is 1.35. The summed E-state index contributed by atoms with van der Waals surface area (Å²) < 4.78 is 4.18. The Bertz CT molecular complexity index is 777. The first-order valence-electron chi connectivity index (χ1n) is 6.93. The van der Waals surface area contributed by atoms with E-state index >= 15 is 0 Å². The largest absolute Gasteiger partial charge is 0.352 e. The van der Waals surface area contributed by atoms with E-state index in [1.807, 2.05) is 17.9 Å². The van der Waals surface area contributed by atoms with Crippen molar-refractivity contribution in [3.63, 3.8) is 0 Å². The zero-order valence-electron chi connectivity index (χ0n) is 12.3. The lowest BCUT2D eigenvalue weighted by molar-refractivity contribution is -0.385. The van der Waals surface area contributed by atoms with Crippen LogP contribution in [-0.4, -0.2) is 45.4 Å². The summed E-state index contributed by atoms with van der Waals surface area (Å²) in [5.41, 5.74) is 0.0488. The van der Waals surface area contributed by atoms with Gasteiger partial charge in [-0.1, -0.05) is 0 Å². The molecule has 118 valence electrons. The first-order chi connectivity index (χ1) is 11.1. The van der Waals surface area contributed by atoms with Gasteiger partial charge in [0.05, 0.1) is 4.92 Å². The molecule has 9 nitrogen and oxygen atoms in total. The van der Waals surface area contributed by atoms with Crippen molar-refractivity contribution >= 4 is 28.2 Å².